The van der Waals surface area contributed by atoms with E-state index < -0.39 is 5.97 Å². The monoisotopic (exact) mass is 433 g/mol. The van der Waals surface area contributed by atoms with Gasteiger partial charge in [0.15, 0.2) is 0 Å². The van der Waals surface area contributed by atoms with Gasteiger partial charge in [0.1, 0.15) is 29.5 Å². The summed E-state index contributed by atoms with van der Waals surface area (Å²) in [6.45, 7) is 7.20. The Morgan fingerprint density at radius 3 is 2.31 bits per heavy atom. The van der Waals surface area contributed by atoms with Crippen LogP contribution in [-0.2, 0) is 19.7 Å². The lowest BCUT2D eigenvalue weighted by atomic mass is 9.98. The van der Waals surface area contributed by atoms with Crippen molar-refractivity contribution in [1.82, 2.24) is 4.90 Å². The van der Waals surface area contributed by atoms with Crippen molar-refractivity contribution in [3.63, 3.8) is 0 Å². The maximum atomic E-state index is 15.5. The highest BCUT2D eigenvalue weighted by molar-refractivity contribution is 5.96. The van der Waals surface area contributed by atoms with Crippen LogP contribution in [0.5, 0.6) is 11.5 Å². The highest BCUT2D eigenvalue weighted by Crippen LogP contribution is 2.40. The van der Waals surface area contributed by atoms with Crippen LogP contribution in [0.4, 0.5) is 4.39 Å². The number of carbonyl (C=O) groups is 1. The minimum atomic E-state index is -0.611. The molecular formula is C27H28FNO3. The maximum Gasteiger partial charge on any atom is 0.347 e. The van der Waals surface area contributed by atoms with Crippen molar-refractivity contribution in [2.45, 2.75) is 52.9 Å². The van der Waals surface area contributed by atoms with Gasteiger partial charge in [-0.3, -0.25) is 4.90 Å². The first-order valence-corrected chi connectivity index (χ1v) is 11.0. The molecular weight excluding hydrogens is 405 g/mol. The Kier molecular flexibility index (Phi) is 6.56. The van der Waals surface area contributed by atoms with Crippen molar-refractivity contribution in [1.29, 1.82) is 0 Å². The van der Waals surface area contributed by atoms with Gasteiger partial charge in [0, 0.05) is 35.8 Å². The molecule has 4 rings (SSSR count). The fraction of sp³-hybridized carbons (Fsp3) is 0.296. The second-order valence-corrected chi connectivity index (χ2v) is 8.24. The lowest BCUT2D eigenvalue weighted by molar-refractivity contribution is 0.0728. The number of nitrogens with zero attached hydrogens (tertiary/aromatic N) is 1. The van der Waals surface area contributed by atoms with E-state index in [0.29, 0.717) is 36.2 Å². The van der Waals surface area contributed by atoms with Crippen LogP contribution in [0.3, 0.4) is 0 Å². The zero-order valence-electron chi connectivity index (χ0n) is 18.7. The standard InChI is InChI=1S/C27H28FNO3/c1-4-18(2)29-15-22-23(16-29)26(31-17-20-11-7-5-8-12-20)24(19(3)25(22)28)27(30)32-21-13-9-6-10-14-21/h5-14,18H,4,15-17H2,1-3H3/t18-/m1/s1. The molecule has 0 saturated heterocycles. The van der Waals surface area contributed by atoms with Crippen molar-refractivity contribution in [2.24, 2.45) is 0 Å². The Morgan fingerprint density at radius 2 is 1.66 bits per heavy atom. The molecule has 0 radical (unpaired) electrons. The van der Waals surface area contributed by atoms with Gasteiger partial charge in [0.2, 0.25) is 0 Å². The molecule has 0 bridgehead atoms. The van der Waals surface area contributed by atoms with Gasteiger partial charge in [0.05, 0.1) is 0 Å². The van der Waals surface area contributed by atoms with Crippen molar-refractivity contribution < 1.29 is 18.7 Å². The molecule has 5 heteroatoms. The molecule has 32 heavy (non-hydrogen) atoms. The van der Waals surface area contributed by atoms with E-state index in [1.54, 1.807) is 31.2 Å². The van der Waals surface area contributed by atoms with E-state index >= 15 is 4.39 Å². The first-order valence-electron chi connectivity index (χ1n) is 11.0. The Bertz CT molecular complexity index is 1100. The second-order valence-electron chi connectivity index (χ2n) is 8.24. The molecule has 0 amide bonds. The molecule has 3 aromatic rings. The number of benzene rings is 3. The Balaban J connectivity index is 1.75. The molecule has 0 aliphatic carbocycles. The number of carbonyl (C=O) groups excluding carboxylic acids is 1. The van der Waals surface area contributed by atoms with E-state index in [-0.39, 0.29) is 23.6 Å². The predicted molar refractivity (Wildman–Crippen MR) is 122 cm³/mol. The van der Waals surface area contributed by atoms with E-state index in [1.807, 2.05) is 36.4 Å². The third kappa shape index (κ3) is 4.39. The summed E-state index contributed by atoms with van der Waals surface area (Å²) in [5, 5.41) is 0. The quantitative estimate of drug-likeness (QED) is 0.336. The number of halogens is 1. The van der Waals surface area contributed by atoms with Gasteiger partial charge >= 0.3 is 5.97 Å². The lowest BCUT2D eigenvalue weighted by Gasteiger charge is -2.22. The van der Waals surface area contributed by atoms with Crippen LogP contribution >= 0.6 is 0 Å². The molecule has 0 fully saturated rings. The van der Waals surface area contributed by atoms with Gasteiger partial charge in [-0.1, -0.05) is 55.5 Å². The van der Waals surface area contributed by atoms with E-state index in [4.69, 9.17) is 9.47 Å². The van der Waals surface area contributed by atoms with Gasteiger partial charge in [-0.2, -0.15) is 0 Å². The molecule has 0 aromatic heterocycles. The first-order chi connectivity index (χ1) is 15.5. The molecule has 1 atom stereocenters. The van der Waals surface area contributed by atoms with E-state index in [1.165, 1.54) is 0 Å². The summed E-state index contributed by atoms with van der Waals surface area (Å²) in [5.74, 6) is -0.124. The fourth-order valence-electron chi connectivity index (χ4n) is 4.07. The van der Waals surface area contributed by atoms with Crippen molar-refractivity contribution in [3.05, 3.63) is 94.3 Å². The largest absolute Gasteiger partial charge is 0.488 e. The predicted octanol–water partition coefficient (Wildman–Crippen LogP) is 6.05. The summed E-state index contributed by atoms with van der Waals surface area (Å²) in [6, 6.07) is 18.9. The first kappa shape index (κ1) is 22.0. The van der Waals surface area contributed by atoms with Crippen molar-refractivity contribution in [3.8, 4) is 11.5 Å². The van der Waals surface area contributed by atoms with E-state index in [2.05, 4.69) is 18.7 Å². The maximum absolute atomic E-state index is 15.5. The minimum absolute atomic E-state index is 0.159. The Morgan fingerprint density at radius 1 is 1.03 bits per heavy atom. The summed E-state index contributed by atoms with van der Waals surface area (Å²) < 4.78 is 27.3. The topological polar surface area (TPSA) is 38.8 Å². The molecule has 0 unspecified atom stereocenters. The number of ether oxygens (including phenoxy) is 2. The highest BCUT2D eigenvalue weighted by atomic mass is 19.1. The third-order valence-corrected chi connectivity index (χ3v) is 6.16. The molecule has 1 aliphatic heterocycles. The second kappa shape index (κ2) is 9.53. The van der Waals surface area contributed by atoms with Gasteiger partial charge < -0.3 is 9.47 Å². The third-order valence-electron chi connectivity index (χ3n) is 6.16. The zero-order valence-corrected chi connectivity index (χ0v) is 18.7. The zero-order chi connectivity index (χ0) is 22.7. The van der Waals surface area contributed by atoms with Crippen LogP contribution in [-0.4, -0.2) is 16.9 Å². The van der Waals surface area contributed by atoms with Crippen LogP contribution in [0, 0.1) is 12.7 Å². The van der Waals surface area contributed by atoms with Crippen LogP contribution < -0.4 is 9.47 Å². The summed E-state index contributed by atoms with van der Waals surface area (Å²) in [5.41, 5.74) is 2.75. The average Bonchev–Trinajstić information content (AvgIpc) is 3.27. The molecule has 3 aromatic carbocycles. The molecule has 0 spiro atoms. The van der Waals surface area contributed by atoms with Crippen LogP contribution in [0.25, 0.3) is 0 Å². The van der Waals surface area contributed by atoms with Crippen LogP contribution in [0.15, 0.2) is 60.7 Å². The summed E-state index contributed by atoms with van der Waals surface area (Å²) >= 11 is 0. The SMILES string of the molecule is CC[C@@H](C)N1Cc2c(F)c(C)c(C(=O)Oc3ccccc3)c(OCc3ccccc3)c2C1. The summed E-state index contributed by atoms with van der Waals surface area (Å²) in [6.07, 6.45) is 0.956. The molecule has 1 heterocycles. The number of hydrogen-bond donors (Lipinski definition) is 0. The smallest absolute Gasteiger partial charge is 0.347 e. The lowest BCUT2D eigenvalue weighted by Crippen LogP contribution is -2.27. The summed E-state index contributed by atoms with van der Waals surface area (Å²) in [7, 11) is 0. The molecule has 4 nitrogen and oxygen atoms in total. The number of rotatable bonds is 7. The van der Waals surface area contributed by atoms with E-state index in [0.717, 1.165) is 17.5 Å². The van der Waals surface area contributed by atoms with Gasteiger partial charge in [-0.25, -0.2) is 9.18 Å². The molecule has 0 saturated carbocycles. The molecule has 166 valence electrons. The van der Waals surface area contributed by atoms with Crippen LogP contribution in [0.2, 0.25) is 0 Å². The molecule has 1 aliphatic rings. The Labute approximate surface area is 188 Å². The molecule has 0 N–H and O–H groups in total. The Hall–Kier alpha value is -3.18. The van der Waals surface area contributed by atoms with Crippen LogP contribution in [0.1, 0.15) is 52.9 Å². The van der Waals surface area contributed by atoms with Crippen molar-refractivity contribution in [2.75, 3.05) is 0 Å². The van der Waals surface area contributed by atoms with E-state index in [9.17, 15) is 4.79 Å². The fourth-order valence-corrected chi connectivity index (χ4v) is 4.07. The average molecular weight is 434 g/mol. The number of hydrogen-bond acceptors (Lipinski definition) is 4. The van der Waals surface area contributed by atoms with Gasteiger partial charge in [-0.15, -0.1) is 0 Å². The minimum Gasteiger partial charge on any atom is -0.488 e. The van der Waals surface area contributed by atoms with Crippen molar-refractivity contribution >= 4 is 5.97 Å². The summed E-state index contributed by atoms with van der Waals surface area (Å²) in [4.78, 5) is 15.4. The normalized spacial score (nSPS) is 14.1. The number of esters is 1. The number of fused-ring (bicyclic) bond motifs is 1. The highest BCUT2D eigenvalue weighted by Gasteiger charge is 2.34. The van der Waals surface area contributed by atoms with Gasteiger partial charge in [-0.05, 0) is 38.0 Å². The van der Waals surface area contributed by atoms with Gasteiger partial charge in [0.25, 0.3) is 0 Å². The number of para-hydroxylation sites is 1.